The average Bonchev–Trinajstić information content (AvgIpc) is 2.60. The lowest BCUT2D eigenvalue weighted by atomic mass is 9.85. The van der Waals surface area contributed by atoms with Crippen molar-refractivity contribution in [3.05, 3.63) is 34.9 Å². The van der Waals surface area contributed by atoms with Crippen LogP contribution in [0.25, 0.3) is 0 Å². The molecular formula is C18H28O2. The van der Waals surface area contributed by atoms with Crippen molar-refractivity contribution < 1.29 is 9.90 Å². The Balaban J connectivity index is 0.000000956. The number of carbonyl (C=O) groups is 1. The molecule has 0 aromatic heterocycles. The van der Waals surface area contributed by atoms with Gasteiger partial charge in [-0.2, -0.15) is 0 Å². The molecule has 0 radical (unpaired) electrons. The first-order valence-corrected chi connectivity index (χ1v) is 7.54. The van der Waals surface area contributed by atoms with Crippen LogP contribution in [0.15, 0.2) is 18.2 Å². The standard InChI is InChI=1S/C16H22O2.C2H6/c1-10-9-15(2,3)13-7-6-11(8-12(10)13)14(17)16(4,5)18;1-2/h6-8,10,18H,9H2,1-5H3;1-2H3. The summed E-state index contributed by atoms with van der Waals surface area (Å²) in [5, 5.41) is 9.81. The summed E-state index contributed by atoms with van der Waals surface area (Å²) in [5.41, 5.74) is 2.10. The minimum absolute atomic E-state index is 0.186. The summed E-state index contributed by atoms with van der Waals surface area (Å²) in [4.78, 5) is 12.1. The first-order chi connectivity index (χ1) is 9.13. The first-order valence-electron chi connectivity index (χ1n) is 7.54. The predicted octanol–water partition coefficient (Wildman–Crippen LogP) is 4.45. The van der Waals surface area contributed by atoms with E-state index in [9.17, 15) is 9.90 Å². The van der Waals surface area contributed by atoms with Crippen molar-refractivity contribution >= 4 is 5.78 Å². The summed E-state index contributed by atoms with van der Waals surface area (Å²) in [5.74, 6) is 0.270. The van der Waals surface area contributed by atoms with Gasteiger partial charge in [0.15, 0.2) is 5.78 Å². The van der Waals surface area contributed by atoms with E-state index in [0.29, 0.717) is 11.5 Å². The second-order valence-corrected chi connectivity index (χ2v) is 6.68. The highest BCUT2D eigenvalue weighted by Gasteiger charge is 2.35. The van der Waals surface area contributed by atoms with Crippen molar-refractivity contribution in [2.45, 2.75) is 71.8 Å². The molecule has 0 amide bonds. The van der Waals surface area contributed by atoms with E-state index < -0.39 is 5.60 Å². The molecule has 0 bridgehead atoms. The zero-order chi connectivity index (χ0) is 15.7. The summed E-state index contributed by atoms with van der Waals surface area (Å²) < 4.78 is 0. The summed E-state index contributed by atoms with van der Waals surface area (Å²) in [6.07, 6.45) is 1.11. The lowest BCUT2D eigenvalue weighted by molar-refractivity contribution is 0.0488. The highest BCUT2D eigenvalue weighted by molar-refractivity contribution is 6.02. The Labute approximate surface area is 123 Å². The van der Waals surface area contributed by atoms with E-state index in [2.05, 4.69) is 26.8 Å². The number of Topliss-reactive ketones (excluding diaryl/α,β-unsaturated/α-hetero) is 1. The van der Waals surface area contributed by atoms with Gasteiger partial charge in [-0.15, -0.1) is 0 Å². The summed E-state index contributed by atoms with van der Waals surface area (Å²) in [6, 6.07) is 5.87. The number of benzene rings is 1. The fraction of sp³-hybridized carbons (Fsp3) is 0.611. The lowest BCUT2D eigenvalue weighted by Gasteiger charge is -2.20. The molecule has 0 heterocycles. The van der Waals surface area contributed by atoms with Crippen LogP contribution in [0, 0.1) is 0 Å². The van der Waals surface area contributed by atoms with Crippen LogP contribution in [-0.4, -0.2) is 16.5 Å². The fourth-order valence-corrected chi connectivity index (χ4v) is 3.07. The van der Waals surface area contributed by atoms with Gasteiger partial charge >= 0.3 is 0 Å². The van der Waals surface area contributed by atoms with E-state index in [1.54, 1.807) is 0 Å². The molecule has 0 saturated heterocycles. The third-order valence-corrected chi connectivity index (χ3v) is 3.95. The van der Waals surface area contributed by atoms with Gasteiger partial charge < -0.3 is 5.11 Å². The molecule has 1 N–H and O–H groups in total. The van der Waals surface area contributed by atoms with Crippen LogP contribution in [0.3, 0.4) is 0 Å². The molecule has 0 fully saturated rings. The van der Waals surface area contributed by atoms with Crippen molar-refractivity contribution in [1.29, 1.82) is 0 Å². The van der Waals surface area contributed by atoms with Gasteiger partial charge in [0.1, 0.15) is 5.60 Å². The molecule has 1 aliphatic carbocycles. The Morgan fingerprint density at radius 3 is 2.35 bits per heavy atom. The predicted molar refractivity (Wildman–Crippen MR) is 84.5 cm³/mol. The molecule has 2 rings (SSSR count). The molecule has 2 nitrogen and oxygen atoms in total. The van der Waals surface area contributed by atoms with Gasteiger partial charge in [0.05, 0.1) is 0 Å². The number of carbonyl (C=O) groups excluding carboxylic acids is 1. The first kappa shape index (κ1) is 16.9. The number of hydrogen-bond acceptors (Lipinski definition) is 2. The molecule has 1 aromatic rings. The van der Waals surface area contributed by atoms with Crippen molar-refractivity contribution in [1.82, 2.24) is 0 Å². The molecule has 20 heavy (non-hydrogen) atoms. The van der Waals surface area contributed by atoms with E-state index in [0.717, 1.165) is 6.42 Å². The van der Waals surface area contributed by atoms with Gasteiger partial charge in [-0.05, 0) is 48.8 Å². The Bertz CT molecular complexity index is 493. The van der Waals surface area contributed by atoms with Crippen LogP contribution in [0.2, 0.25) is 0 Å². The second kappa shape index (κ2) is 5.69. The maximum atomic E-state index is 12.1. The van der Waals surface area contributed by atoms with Gasteiger partial charge in [-0.1, -0.05) is 46.8 Å². The van der Waals surface area contributed by atoms with Gasteiger partial charge in [0.2, 0.25) is 0 Å². The maximum Gasteiger partial charge on any atom is 0.193 e. The van der Waals surface area contributed by atoms with Gasteiger partial charge in [-0.3, -0.25) is 4.79 Å². The monoisotopic (exact) mass is 276 g/mol. The number of fused-ring (bicyclic) bond motifs is 1. The van der Waals surface area contributed by atoms with Crippen LogP contribution in [-0.2, 0) is 5.41 Å². The van der Waals surface area contributed by atoms with Crippen molar-refractivity contribution in [3.63, 3.8) is 0 Å². The Hall–Kier alpha value is -1.15. The summed E-state index contributed by atoms with van der Waals surface area (Å²) >= 11 is 0. The zero-order valence-corrected chi connectivity index (χ0v) is 13.9. The van der Waals surface area contributed by atoms with Gasteiger partial charge in [-0.25, -0.2) is 0 Å². The van der Waals surface area contributed by atoms with E-state index in [1.807, 2.05) is 26.0 Å². The van der Waals surface area contributed by atoms with Crippen LogP contribution in [0.4, 0.5) is 0 Å². The Kier molecular flexibility index (Phi) is 4.81. The van der Waals surface area contributed by atoms with E-state index in [1.165, 1.54) is 25.0 Å². The number of hydrogen-bond donors (Lipinski definition) is 1. The second-order valence-electron chi connectivity index (χ2n) is 6.68. The molecule has 1 aromatic carbocycles. The van der Waals surface area contributed by atoms with Crippen LogP contribution in [0.5, 0.6) is 0 Å². The van der Waals surface area contributed by atoms with Crippen LogP contribution < -0.4 is 0 Å². The minimum atomic E-state index is -1.30. The highest BCUT2D eigenvalue weighted by Crippen LogP contribution is 2.45. The highest BCUT2D eigenvalue weighted by atomic mass is 16.3. The van der Waals surface area contributed by atoms with Crippen molar-refractivity contribution in [2.75, 3.05) is 0 Å². The molecule has 1 atom stereocenters. The largest absolute Gasteiger partial charge is 0.382 e. The van der Waals surface area contributed by atoms with E-state index in [4.69, 9.17) is 0 Å². The maximum absolute atomic E-state index is 12.1. The van der Waals surface area contributed by atoms with Crippen molar-refractivity contribution in [2.24, 2.45) is 0 Å². The molecular weight excluding hydrogens is 248 g/mol. The molecule has 1 aliphatic rings. The average molecular weight is 276 g/mol. The number of aliphatic hydroxyl groups is 1. The van der Waals surface area contributed by atoms with Crippen LogP contribution in [0.1, 0.15) is 82.3 Å². The third kappa shape index (κ3) is 3.12. The van der Waals surface area contributed by atoms with Crippen LogP contribution >= 0.6 is 0 Å². The van der Waals surface area contributed by atoms with Crippen molar-refractivity contribution in [3.8, 4) is 0 Å². The smallest absolute Gasteiger partial charge is 0.193 e. The van der Waals surface area contributed by atoms with Gasteiger partial charge in [0, 0.05) is 5.56 Å². The van der Waals surface area contributed by atoms with E-state index in [-0.39, 0.29) is 11.2 Å². The topological polar surface area (TPSA) is 37.3 Å². The molecule has 112 valence electrons. The van der Waals surface area contributed by atoms with Gasteiger partial charge in [0.25, 0.3) is 0 Å². The summed E-state index contributed by atoms with van der Waals surface area (Å²) in [7, 11) is 0. The normalized spacial score (nSPS) is 19.9. The quantitative estimate of drug-likeness (QED) is 0.810. The molecule has 2 heteroatoms. The molecule has 0 saturated carbocycles. The zero-order valence-electron chi connectivity index (χ0n) is 13.9. The van der Waals surface area contributed by atoms with E-state index >= 15 is 0 Å². The number of ketones is 1. The lowest BCUT2D eigenvalue weighted by Crippen LogP contribution is -2.31. The molecule has 0 spiro atoms. The third-order valence-electron chi connectivity index (χ3n) is 3.95. The SMILES string of the molecule is CC.CC1CC(C)(C)c2ccc(C(=O)C(C)(C)O)cc21. The Morgan fingerprint density at radius 1 is 1.30 bits per heavy atom. The molecule has 0 aliphatic heterocycles. The minimum Gasteiger partial charge on any atom is -0.382 e. The summed E-state index contributed by atoms with van der Waals surface area (Å²) in [6.45, 7) is 13.8. The molecule has 1 unspecified atom stereocenters. The Morgan fingerprint density at radius 2 is 1.85 bits per heavy atom. The number of rotatable bonds is 2. The fourth-order valence-electron chi connectivity index (χ4n) is 3.07.